The third-order valence-electron chi connectivity index (χ3n) is 2.55. The molecule has 3 nitrogen and oxygen atoms in total. The lowest BCUT2D eigenvalue weighted by molar-refractivity contribution is 0.354. The van der Waals surface area contributed by atoms with E-state index in [1.807, 2.05) is 12.1 Å². The van der Waals surface area contributed by atoms with Gasteiger partial charge >= 0.3 is 0 Å². The van der Waals surface area contributed by atoms with Gasteiger partial charge in [0.2, 0.25) is 0 Å². The van der Waals surface area contributed by atoms with Crippen LogP contribution in [0.25, 0.3) is 12.3 Å². The Morgan fingerprint density at radius 1 is 1.07 bits per heavy atom. The zero-order valence-electron chi connectivity index (χ0n) is 9.28. The largest absolute Gasteiger partial charge is 0.493 e. The Bertz CT molecular complexity index is 479. The van der Waals surface area contributed by atoms with Crippen LogP contribution in [0.2, 0.25) is 0 Å². The van der Waals surface area contributed by atoms with Crippen LogP contribution in [0.5, 0.6) is 11.5 Å². The predicted molar refractivity (Wildman–Crippen MR) is 60.4 cm³/mol. The van der Waals surface area contributed by atoms with Gasteiger partial charge in [-0.25, -0.2) is 0 Å². The van der Waals surface area contributed by atoms with E-state index < -0.39 is 0 Å². The van der Waals surface area contributed by atoms with Gasteiger partial charge in [-0.3, -0.25) is 0 Å². The van der Waals surface area contributed by atoms with E-state index in [4.69, 9.17) is 9.47 Å². The molecular formula is C12H15NO2. The first kappa shape index (κ1) is 9.90. The smallest absolute Gasteiger partial charge is 0.161 e. The van der Waals surface area contributed by atoms with Crippen molar-refractivity contribution < 1.29 is 9.47 Å². The summed E-state index contributed by atoms with van der Waals surface area (Å²) in [6.07, 6.45) is 4.29. The molecule has 15 heavy (non-hydrogen) atoms. The van der Waals surface area contributed by atoms with Gasteiger partial charge in [0.1, 0.15) is 0 Å². The first-order valence-electron chi connectivity index (χ1n) is 4.89. The van der Waals surface area contributed by atoms with Gasteiger partial charge in [0.15, 0.2) is 11.5 Å². The minimum absolute atomic E-state index is 0.774. The summed E-state index contributed by atoms with van der Waals surface area (Å²) in [6.45, 7) is 0.933. The number of methoxy groups -OCH3 is 2. The van der Waals surface area contributed by atoms with Gasteiger partial charge < -0.3 is 14.4 Å². The number of ether oxygens (including phenoxy) is 2. The molecule has 0 unspecified atom stereocenters. The minimum atomic E-state index is 0.774. The second-order valence-corrected chi connectivity index (χ2v) is 3.61. The second kappa shape index (κ2) is 3.85. The van der Waals surface area contributed by atoms with Crippen molar-refractivity contribution >= 4 is 12.3 Å². The summed E-state index contributed by atoms with van der Waals surface area (Å²) in [7, 11) is 5.36. The molecule has 3 heteroatoms. The Balaban J connectivity index is 2.65. The molecule has 0 saturated heterocycles. The zero-order valence-corrected chi connectivity index (χ0v) is 9.28. The molecule has 1 aromatic carbocycles. The van der Waals surface area contributed by atoms with Crippen LogP contribution in [0.1, 0.15) is 0 Å². The first-order valence-corrected chi connectivity index (χ1v) is 4.89. The molecule has 1 heterocycles. The molecule has 0 saturated carbocycles. The first-order chi connectivity index (χ1) is 7.24. The SMILES string of the molecule is COc1cc2c(cc1OC)=CN(C)CC=2. The molecule has 1 aromatic rings. The van der Waals surface area contributed by atoms with E-state index in [2.05, 4.69) is 24.2 Å². The highest BCUT2D eigenvalue weighted by molar-refractivity contribution is 5.48. The van der Waals surface area contributed by atoms with Gasteiger partial charge in [0.25, 0.3) is 0 Å². The number of benzene rings is 1. The van der Waals surface area contributed by atoms with E-state index in [-0.39, 0.29) is 0 Å². The van der Waals surface area contributed by atoms with Gasteiger partial charge in [-0.05, 0) is 17.4 Å². The monoisotopic (exact) mass is 205 g/mol. The number of hydrogen-bond donors (Lipinski definition) is 0. The van der Waals surface area contributed by atoms with Crippen molar-refractivity contribution in [3.63, 3.8) is 0 Å². The average Bonchev–Trinajstić information content (AvgIpc) is 2.27. The van der Waals surface area contributed by atoms with E-state index in [1.54, 1.807) is 14.2 Å². The fourth-order valence-corrected chi connectivity index (χ4v) is 1.73. The number of fused-ring (bicyclic) bond motifs is 1. The molecule has 0 amide bonds. The summed E-state index contributed by atoms with van der Waals surface area (Å²) in [4.78, 5) is 2.13. The molecular weight excluding hydrogens is 190 g/mol. The molecule has 0 bridgehead atoms. The normalized spacial score (nSPS) is 13.7. The van der Waals surface area contributed by atoms with Crippen molar-refractivity contribution in [3.8, 4) is 11.5 Å². The van der Waals surface area contributed by atoms with Crippen molar-refractivity contribution in [1.29, 1.82) is 0 Å². The van der Waals surface area contributed by atoms with E-state index in [0.717, 1.165) is 18.0 Å². The van der Waals surface area contributed by atoms with Crippen molar-refractivity contribution in [2.24, 2.45) is 0 Å². The van der Waals surface area contributed by atoms with Crippen molar-refractivity contribution in [3.05, 3.63) is 22.6 Å². The van der Waals surface area contributed by atoms with E-state index >= 15 is 0 Å². The second-order valence-electron chi connectivity index (χ2n) is 3.61. The molecule has 0 aliphatic carbocycles. The lowest BCUT2D eigenvalue weighted by atomic mass is 10.1. The van der Waals surface area contributed by atoms with Gasteiger partial charge in [-0.15, -0.1) is 0 Å². The van der Waals surface area contributed by atoms with E-state index in [9.17, 15) is 0 Å². The van der Waals surface area contributed by atoms with E-state index in [1.165, 1.54) is 10.4 Å². The third kappa shape index (κ3) is 1.77. The van der Waals surface area contributed by atoms with Crippen LogP contribution in [0.3, 0.4) is 0 Å². The molecule has 0 aromatic heterocycles. The molecule has 1 aliphatic heterocycles. The van der Waals surface area contributed by atoms with Gasteiger partial charge in [0, 0.05) is 25.0 Å². The molecule has 0 N–H and O–H groups in total. The fourth-order valence-electron chi connectivity index (χ4n) is 1.73. The summed E-state index contributed by atoms with van der Waals surface area (Å²) in [6, 6.07) is 4.01. The summed E-state index contributed by atoms with van der Waals surface area (Å²) in [5.74, 6) is 1.56. The molecule has 0 atom stereocenters. The minimum Gasteiger partial charge on any atom is -0.493 e. The van der Waals surface area contributed by atoms with Gasteiger partial charge in [-0.2, -0.15) is 0 Å². The van der Waals surface area contributed by atoms with Crippen LogP contribution in [-0.4, -0.2) is 32.7 Å². The molecule has 2 rings (SSSR count). The third-order valence-corrected chi connectivity index (χ3v) is 2.55. The lowest BCUT2D eigenvalue weighted by Crippen LogP contribution is -2.33. The van der Waals surface area contributed by atoms with Crippen LogP contribution in [-0.2, 0) is 0 Å². The Morgan fingerprint density at radius 3 is 2.27 bits per heavy atom. The molecule has 80 valence electrons. The number of nitrogens with zero attached hydrogens (tertiary/aromatic N) is 1. The Labute approximate surface area is 89.2 Å². The molecule has 0 fully saturated rings. The zero-order chi connectivity index (χ0) is 10.8. The highest BCUT2D eigenvalue weighted by Crippen LogP contribution is 2.22. The molecule has 0 spiro atoms. The van der Waals surface area contributed by atoms with Crippen LogP contribution in [0.4, 0.5) is 0 Å². The quantitative estimate of drug-likeness (QED) is 0.687. The van der Waals surface area contributed by atoms with Gasteiger partial charge in [0.05, 0.1) is 14.2 Å². The summed E-state index contributed by atoms with van der Waals surface area (Å²) < 4.78 is 10.5. The average molecular weight is 205 g/mol. The van der Waals surface area contributed by atoms with Crippen LogP contribution < -0.4 is 19.9 Å². The van der Waals surface area contributed by atoms with Crippen LogP contribution in [0, 0.1) is 0 Å². The van der Waals surface area contributed by atoms with Gasteiger partial charge in [-0.1, -0.05) is 6.08 Å². The molecule has 0 radical (unpaired) electrons. The number of rotatable bonds is 2. The Morgan fingerprint density at radius 2 is 1.67 bits per heavy atom. The van der Waals surface area contributed by atoms with E-state index in [0.29, 0.717) is 0 Å². The highest BCUT2D eigenvalue weighted by atomic mass is 16.5. The van der Waals surface area contributed by atoms with Crippen molar-refractivity contribution in [2.45, 2.75) is 0 Å². The summed E-state index contributed by atoms with van der Waals surface area (Å²) in [5, 5.41) is 2.37. The Hall–Kier alpha value is -1.64. The van der Waals surface area contributed by atoms with Crippen LogP contribution in [0.15, 0.2) is 12.1 Å². The maximum Gasteiger partial charge on any atom is 0.161 e. The highest BCUT2D eigenvalue weighted by Gasteiger charge is 2.05. The maximum atomic E-state index is 5.26. The predicted octanol–water partition coefficient (Wildman–Crippen LogP) is 0.168. The lowest BCUT2D eigenvalue weighted by Gasteiger charge is -2.16. The Kier molecular flexibility index (Phi) is 2.54. The number of hydrogen-bond acceptors (Lipinski definition) is 3. The summed E-state index contributed by atoms with van der Waals surface area (Å²) in [5.41, 5.74) is 0. The summed E-state index contributed by atoms with van der Waals surface area (Å²) >= 11 is 0. The topological polar surface area (TPSA) is 21.7 Å². The fraction of sp³-hybridized carbons (Fsp3) is 0.333. The van der Waals surface area contributed by atoms with Crippen molar-refractivity contribution in [1.82, 2.24) is 4.90 Å². The standard InChI is InChI=1S/C12H15NO2/c1-13-5-4-9-6-11(14-2)12(15-3)7-10(9)8-13/h4,6-8H,5H2,1-3H3. The van der Waals surface area contributed by atoms with Crippen LogP contribution >= 0.6 is 0 Å². The van der Waals surface area contributed by atoms with Crippen molar-refractivity contribution in [2.75, 3.05) is 27.8 Å². The molecule has 1 aliphatic rings. The maximum absolute atomic E-state index is 5.26.